The third-order valence-corrected chi connectivity index (χ3v) is 1.72. The zero-order valence-electron chi connectivity index (χ0n) is 4.72. The molecule has 2 atom stereocenters. The first-order chi connectivity index (χ1) is 3.85. The van der Waals surface area contributed by atoms with Crippen molar-refractivity contribution in [3.8, 4) is 0 Å². The van der Waals surface area contributed by atoms with Crippen LogP contribution in [0.25, 0.3) is 0 Å². The average Bonchev–Trinajstić information content (AvgIpc) is 1.62. The van der Waals surface area contributed by atoms with Crippen molar-refractivity contribution >= 4 is 10.1 Å². The van der Waals surface area contributed by atoms with Crippen molar-refractivity contribution in [2.45, 2.75) is 18.5 Å². The van der Waals surface area contributed by atoms with E-state index in [0.717, 1.165) is 6.92 Å². The van der Waals surface area contributed by atoms with Crippen LogP contribution in [0.4, 0.5) is 0 Å². The van der Waals surface area contributed by atoms with Gasteiger partial charge in [-0.3, -0.25) is 4.55 Å². The van der Waals surface area contributed by atoms with Crippen LogP contribution in [0.3, 0.4) is 0 Å². The molecule has 0 aromatic carbocycles. The van der Waals surface area contributed by atoms with E-state index in [-0.39, 0.29) is 0 Å². The molecule has 0 aliphatic rings. The highest BCUT2D eigenvalue weighted by Gasteiger charge is 2.24. The Balaban J connectivity index is 4.24. The molecule has 2 unspecified atom stereocenters. The Morgan fingerprint density at radius 3 is 1.67 bits per heavy atom. The quantitative estimate of drug-likeness (QED) is 0.426. The first kappa shape index (κ1) is 8.83. The molecule has 5 nitrogen and oxygen atoms in total. The van der Waals surface area contributed by atoms with E-state index in [1.54, 1.807) is 0 Å². The Bertz CT molecular complexity index is 169. The molecule has 9 heavy (non-hydrogen) atoms. The fourth-order valence-corrected chi connectivity index (χ4v) is 0.747. The van der Waals surface area contributed by atoms with Crippen molar-refractivity contribution in [1.82, 2.24) is 0 Å². The van der Waals surface area contributed by atoms with Gasteiger partial charge in [0.15, 0.2) is 0 Å². The van der Waals surface area contributed by atoms with Crippen LogP contribution < -0.4 is 0 Å². The number of hydrogen-bond acceptors (Lipinski definition) is 4. The van der Waals surface area contributed by atoms with E-state index in [4.69, 9.17) is 14.8 Å². The van der Waals surface area contributed by atoms with Gasteiger partial charge in [-0.1, -0.05) is 0 Å². The molecule has 0 spiro atoms. The highest BCUT2D eigenvalue weighted by molar-refractivity contribution is 7.86. The van der Waals surface area contributed by atoms with Crippen LogP contribution >= 0.6 is 0 Å². The van der Waals surface area contributed by atoms with Crippen LogP contribution in [-0.4, -0.2) is 34.7 Å². The average molecular weight is 156 g/mol. The zero-order chi connectivity index (χ0) is 7.65. The van der Waals surface area contributed by atoms with Crippen LogP contribution in [0, 0.1) is 0 Å². The molecule has 0 heterocycles. The Kier molecular flexibility index (Phi) is 2.56. The number of rotatable bonds is 2. The first-order valence-corrected chi connectivity index (χ1v) is 3.68. The summed E-state index contributed by atoms with van der Waals surface area (Å²) in [5.74, 6) is 0. The monoisotopic (exact) mass is 156 g/mol. The molecular weight excluding hydrogens is 148 g/mol. The molecule has 0 saturated carbocycles. The van der Waals surface area contributed by atoms with Gasteiger partial charge in [0, 0.05) is 0 Å². The normalized spacial score (nSPS) is 19.1. The van der Waals surface area contributed by atoms with E-state index in [9.17, 15) is 8.42 Å². The molecule has 0 rings (SSSR count). The third kappa shape index (κ3) is 2.75. The van der Waals surface area contributed by atoms with Gasteiger partial charge in [-0.05, 0) is 6.92 Å². The summed E-state index contributed by atoms with van der Waals surface area (Å²) in [6.07, 6.45) is -1.47. The molecule has 0 radical (unpaired) electrons. The van der Waals surface area contributed by atoms with Crippen LogP contribution in [0.15, 0.2) is 0 Å². The largest absolute Gasteiger partial charge is 0.390 e. The van der Waals surface area contributed by atoms with Crippen molar-refractivity contribution in [1.29, 1.82) is 0 Å². The lowest BCUT2D eigenvalue weighted by molar-refractivity contribution is 0.0755. The van der Waals surface area contributed by atoms with Gasteiger partial charge >= 0.3 is 0 Å². The van der Waals surface area contributed by atoms with E-state index in [0.29, 0.717) is 0 Å². The second-order valence-corrected chi connectivity index (χ2v) is 3.16. The smallest absolute Gasteiger partial charge is 0.294 e. The Morgan fingerprint density at radius 1 is 1.33 bits per heavy atom. The van der Waals surface area contributed by atoms with Gasteiger partial charge in [-0.25, -0.2) is 0 Å². The van der Waals surface area contributed by atoms with Crippen LogP contribution in [0.1, 0.15) is 6.92 Å². The van der Waals surface area contributed by atoms with Crippen LogP contribution in [0.2, 0.25) is 0 Å². The maximum Gasteiger partial charge on any atom is 0.294 e. The summed E-state index contributed by atoms with van der Waals surface area (Å²) in [5, 5.41) is 16.7. The number of hydrogen-bond donors (Lipinski definition) is 3. The minimum absolute atomic E-state index is 1.05. The second kappa shape index (κ2) is 2.61. The molecule has 56 valence electrons. The first-order valence-electron chi connectivity index (χ1n) is 2.18. The van der Waals surface area contributed by atoms with Gasteiger partial charge in [-0.15, -0.1) is 0 Å². The Labute approximate surface area is 52.7 Å². The van der Waals surface area contributed by atoms with Gasteiger partial charge in [0.05, 0.1) is 6.10 Å². The summed E-state index contributed by atoms with van der Waals surface area (Å²) in [6, 6.07) is 0. The van der Waals surface area contributed by atoms with Crippen molar-refractivity contribution in [2.75, 3.05) is 0 Å². The van der Waals surface area contributed by atoms with E-state index in [2.05, 4.69) is 0 Å². The molecule has 0 aromatic rings. The number of aliphatic hydroxyl groups excluding tert-OH is 2. The maximum absolute atomic E-state index is 9.92. The van der Waals surface area contributed by atoms with Crippen LogP contribution in [0.5, 0.6) is 0 Å². The molecule has 0 aliphatic heterocycles. The Hall–Kier alpha value is -0.170. The van der Waals surface area contributed by atoms with Gasteiger partial charge < -0.3 is 10.2 Å². The van der Waals surface area contributed by atoms with E-state index in [1.165, 1.54) is 0 Å². The lowest BCUT2D eigenvalue weighted by Gasteiger charge is -2.08. The molecule has 0 aliphatic carbocycles. The molecule has 3 N–H and O–H groups in total. The van der Waals surface area contributed by atoms with Crippen molar-refractivity contribution in [3.63, 3.8) is 0 Å². The van der Waals surface area contributed by atoms with Gasteiger partial charge in [0.1, 0.15) is 0 Å². The second-order valence-electron chi connectivity index (χ2n) is 1.65. The molecule has 0 saturated heterocycles. The minimum atomic E-state index is -4.50. The van der Waals surface area contributed by atoms with E-state index >= 15 is 0 Å². The lowest BCUT2D eigenvalue weighted by atomic mass is 10.4. The standard InChI is InChI=1S/C3H8O5S/c1-2(4)3(5)9(6,7)8/h2-5H,1H3,(H,6,7,8). The van der Waals surface area contributed by atoms with E-state index < -0.39 is 21.7 Å². The zero-order valence-corrected chi connectivity index (χ0v) is 5.54. The Morgan fingerprint density at radius 2 is 1.67 bits per heavy atom. The SMILES string of the molecule is CC(O)C(O)S(=O)(=O)O. The molecule has 0 bridgehead atoms. The lowest BCUT2D eigenvalue weighted by Crippen LogP contribution is -2.30. The van der Waals surface area contributed by atoms with Gasteiger partial charge in [-0.2, -0.15) is 8.42 Å². The van der Waals surface area contributed by atoms with Crippen molar-refractivity contribution in [2.24, 2.45) is 0 Å². The van der Waals surface area contributed by atoms with Gasteiger partial charge in [0.2, 0.25) is 5.44 Å². The highest BCUT2D eigenvalue weighted by Crippen LogP contribution is 1.98. The molecular formula is C3H8O5S. The minimum Gasteiger partial charge on any atom is -0.390 e. The third-order valence-electron chi connectivity index (χ3n) is 0.718. The molecule has 0 amide bonds. The summed E-state index contributed by atoms with van der Waals surface area (Å²) in [5.41, 5.74) is -2.10. The molecule has 0 aromatic heterocycles. The van der Waals surface area contributed by atoms with E-state index in [1.807, 2.05) is 0 Å². The highest BCUT2D eigenvalue weighted by atomic mass is 32.2. The van der Waals surface area contributed by atoms with Gasteiger partial charge in [0.25, 0.3) is 10.1 Å². The fraction of sp³-hybridized carbons (Fsp3) is 1.00. The predicted octanol–water partition coefficient (Wildman–Crippen LogP) is -1.43. The fourth-order valence-electron chi connectivity index (χ4n) is 0.249. The number of aliphatic hydroxyl groups is 2. The van der Waals surface area contributed by atoms with Crippen molar-refractivity contribution < 1.29 is 23.2 Å². The summed E-state index contributed by atoms with van der Waals surface area (Å²) in [4.78, 5) is 0. The predicted molar refractivity (Wildman–Crippen MR) is 29.2 cm³/mol. The summed E-state index contributed by atoms with van der Waals surface area (Å²) in [6.45, 7) is 1.05. The maximum atomic E-state index is 9.92. The summed E-state index contributed by atoms with van der Waals surface area (Å²) in [7, 11) is -4.50. The topological polar surface area (TPSA) is 94.8 Å². The molecule has 6 heteroatoms. The summed E-state index contributed by atoms with van der Waals surface area (Å²) < 4.78 is 27.9. The van der Waals surface area contributed by atoms with Crippen molar-refractivity contribution in [3.05, 3.63) is 0 Å². The molecule has 0 fully saturated rings. The van der Waals surface area contributed by atoms with Crippen LogP contribution in [-0.2, 0) is 10.1 Å². The summed E-state index contributed by atoms with van der Waals surface area (Å²) >= 11 is 0.